The Balaban J connectivity index is 1.82. The van der Waals surface area contributed by atoms with Gasteiger partial charge in [0, 0.05) is 22.0 Å². The summed E-state index contributed by atoms with van der Waals surface area (Å²) in [6, 6.07) is 12.7. The summed E-state index contributed by atoms with van der Waals surface area (Å²) in [7, 11) is 0. The molecule has 0 amide bonds. The Bertz CT molecular complexity index is 957. The highest BCUT2D eigenvalue weighted by atomic mass is 35.5. The Morgan fingerprint density at radius 1 is 1.00 bits per heavy atom. The lowest BCUT2D eigenvalue weighted by atomic mass is 10.1. The number of nitrogens with one attached hydrogen (secondary N) is 2. The van der Waals surface area contributed by atoms with Crippen LogP contribution >= 0.6 is 11.6 Å². The zero-order chi connectivity index (χ0) is 18.7. The van der Waals surface area contributed by atoms with Crippen LogP contribution in [0.2, 0.25) is 5.02 Å². The first-order chi connectivity index (χ1) is 12.4. The third kappa shape index (κ3) is 3.92. The molecule has 0 atom stereocenters. The summed E-state index contributed by atoms with van der Waals surface area (Å²) in [4.78, 5) is 19.7. The molecular weight excluding hydrogens is 350 g/mol. The van der Waals surface area contributed by atoms with Crippen LogP contribution in [-0.4, -0.2) is 15.8 Å². The topological polar surface area (TPSA) is 92.9 Å². The SMILES string of the molecule is CC(=O)c1ccc(Nc2ncnc(Nc3ccc(C)c(Cl)c3)c2N)cc1. The zero-order valence-electron chi connectivity index (χ0n) is 14.4. The van der Waals surface area contributed by atoms with Crippen molar-refractivity contribution in [2.24, 2.45) is 0 Å². The lowest BCUT2D eigenvalue weighted by Gasteiger charge is -2.13. The van der Waals surface area contributed by atoms with E-state index in [-0.39, 0.29) is 5.78 Å². The molecule has 0 fully saturated rings. The van der Waals surface area contributed by atoms with Crippen LogP contribution in [0.3, 0.4) is 0 Å². The Hall–Kier alpha value is -3.12. The van der Waals surface area contributed by atoms with Crippen molar-refractivity contribution in [3.8, 4) is 0 Å². The molecule has 3 rings (SSSR count). The predicted octanol–water partition coefficient (Wildman–Crippen LogP) is 4.71. The molecule has 0 saturated carbocycles. The number of nitrogen functional groups attached to an aromatic ring is 1. The van der Waals surface area contributed by atoms with Crippen molar-refractivity contribution in [3.63, 3.8) is 0 Å². The highest BCUT2D eigenvalue weighted by Crippen LogP contribution is 2.29. The molecule has 0 bridgehead atoms. The van der Waals surface area contributed by atoms with Gasteiger partial charge in [-0.1, -0.05) is 17.7 Å². The number of ketones is 1. The standard InChI is InChI=1S/C19H18ClN5O/c1-11-3-6-15(9-16(11)20)25-19-17(21)18(22-10-23-19)24-14-7-4-13(5-8-14)12(2)26/h3-10H,21H2,1-2H3,(H2,22,23,24,25). The molecule has 0 spiro atoms. The quantitative estimate of drug-likeness (QED) is 0.565. The number of halogens is 1. The van der Waals surface area contributed by atoms with Gasteiger partial charge in [-0.15, -0.1) is 0 Å². The summed E-state index contributed by atoms with van der Waals surface area (Å²) < 4.78 is 0. The molecule has 0 unspecified atom stereocenters. The fourth-order valence-corrected chi connectivity index (χ4v) is 2.51. The maximum atomic E-state index is 11.4. The van der Waals surface area contributed by atoms with Gasteiger partial charge >= 0.3 is 0 Å². The van der Waals surface area contributed by atoms with Crippen molar-refractivity contribution in [3.05, 3.63) is 64.9 Å². The largest absolute Gasteiger partial charge is 0.393 e. The number of hydrogen-bond donors (Lipinski definition) is 3. The van der Waals surface area contributed by atoms with Crippen molar-refractivity contribution in [2.45, 2.75) is 13.8 Å². The molecule has 1 heterocycles. The molecule has 7 heteroatoms. The number of nitrogens with zero attached hydrogens (tertiary/aromatic N) is 2. The third-order valence-corrected chi connectivity index (χ3v) is 4.28. The summed E-state index contributed by atoms with van der Waals surface area (Å²) in [5.41, 5.74) is 9.74. The first kappa shape index (κ1) is 17.7. The maximum Gasteiger partial charge on any atom is 0.159 e. The summed E-state index contributed by atoms with van der Waals surface area (Å²) in [5, 5.41) is 6.94. The van der Waals surface area contributed by atoms with Crippen molar-refractivity contribution in [2.75, 3.05) is 16.4 Å². The number of aromatic nitrogens is 2. The summed E-state index contributed by atoms with van der Waals surface area (Å²) in [6.07, 6.45) is 1.42. The average molecular weight is 368 g/mol. The van der Waals surface area contributed by atoms with Gasteiger partial charge in [-0.05, 0) is 55.8 Å². The van der Waals surface area contributed by atoms with E-state index >= 15 is 0 Å². The average Bonchev–Trinajstić information content (AvgIpc) is 2.62. The van der Waals surface area contributed by atoms with Crippen LogP contribution in [0.5, 0.6) is 0 Å². The van der Waals surface area contributed by atoms with Gasteiger partial charge in [0.15, 0.2) is 17.4 Å². The van der Waals surface area contributed by atoms with E-state index in [1.165, 1.54) is 13.3 Å². The smallest absolute Gasteiger partial charge is 0.159 e. The van der Waals surface area contributed by atoms with E-state index in [4.69, 9.17) is 17.3 Å². The summed E-state index contributed by atoms with van der Waals surface area (Å²) in [5.74, 6) is 0.959. The number of anilines is 5. The van der Waals surface area contributed by atoms with E-state index in [1.54, 1.807) is 24.3 Å². The van der Waals surface area contributed by atoms with E-state index in [0.29, 0.717) is 27.9 Å². The lowest BCUT2D eigenvalue weighted by molar-refractivity contribution is 0.101. The first-order valence-electron chi connectivity index (χ1n) is 7.95. The van der Waals surface area contributed by atoms with Crippen LogP contribution in [0, 0.1) is 6.92 Å². The van der Waals surface area contributed by atoms with E-state index in [2.05, 4.69) is 20.6 Å². The third-order valence-electron chi connectivity index (χ3n) is 3.87. The van der Waals surface area contributed by atoms with Gasteiger partial charge < -0.3 is 16.4 Å². The van der Waals surface area contributed by atoms with Crippen molar-refractivity contribution >= 4 is 46.1 Å². The van der Waals surface area contributed by atoms with E-state index in [9.17, 15) is 4.79 Å². The van der Waals surface area contributed by atoms with E-state index in [1.807, 2.05) is 25.1 Å². The summed E-state index contributed by atoms with van der Waals surface area (Å²) >= 11 is 6.15. The maximum absolute atomic E-state index is 11.4. The van der Waals surface area contributed by atoms with Crippen LogP contribution in [-0.2, 0) is 0 Å². The van der Waals surface area contributed by atoms with Gasteiger partial charge in [0.1, 0.15) is 12.0 Å². The van der Waals surface area contributed by atoms with Crippen LogP contribution in [0.15, 0.2) is 48.8 Å². The second kappa shape index (κ2) is 7.41. The molecule has 6 nitrogen and oxygen atoms in total. The second-order valence-electron chi connectivity index (χ2n) is 5.83. The van der Waals surface area contributed by atoms with Gasteiger partial charge in [-0.3, -0.25) is 4.79 Å². The van der Waals surface area contributed by atoms with Gasteiger partial charge in [0.25, 0.3) is 0 Å². The molecule has 3 aromatic rings. The Labute approximate surface area is 156 Å². The van der Waals surface area contributed by atoms with Gasteiger partial charge in [0.2, 0.25) is 0 Å². The van der Waals surface area contributed by atoms with E-state index < -0.39 is 0 Å². The molecule has 1 aromatic heterocycles. The minimum Gasteiger partial charge on any atom is -0.393 e. The number of Topliss-reactive ketones (excluding diaryl/α,β-unsaturated/α-hetero) is 1. The Morgan fingerprint density at radius 3 is 2.15 bits per heavy atom. The fourth-order valence-electron chi connectivity index (χ4n) is 2.33. The van der Waals surface area contributed by atoms with Crippen molar-refractivity contribution < 1.29 is 4.79 Å². The molecule has 26 heavy (non-hydrogen) atoms. The van der Waals surface area contributed by atoms with Crippen LogP contribution in [0.1, 0.15) is 22.8 Å². The molecule has 4 N–H and O–H groups in total. The molecule has 0 aliphatic carbocycles. The molecular formula is C19H18ClN5O. The number of hydrogen-bond acceptors (Lipinski definition) is 6. The lowest BCUT2D eigenvalue weighted by Crippen LogP contribution is -2.05. The number of carbonyl (C=O) groups is 1. The second-order valence-corrected chi connectivity index (χ2v) is 6.24. The van der Waals surface area contributed by atoms with Gasteiger partial charge in [-0.2, -0.15) is 0 Å². The Morgan fingerprint density at radius 2 is 1.58 bits per heavy atom. The molecule has 0 saturated heterocycles. The predicted molar refractivity (Wildman–Crippen MR) is 106 cm³/mol. The number of rotatable bonds is 5. The minimum atomic E-state index is 0.0151. The first-order valence-corrected chi connectivity index (χ1v) is 8.33. The minimum absolute atomic E-state index is 0.0151. The number of aryl methyl sites for hydroxylation is 1. The Kier molecular flexibility index (Phi) is 5.04. The highest BCUT2D eigenvalue weighted by molar-refractivity contribution is 6.31. The molecule has 0 radical (unpaired) electrons. The normalized spacial score (nSPS) is 10.4. The van der Waals surface area contributed by atoms with Crippen molar-refractivity contribution in [1.82, 2.24) is 9.97 Å². The molecule has 2 aromatic carbocycles. The van der Waals surface area contributed by atoms with Gasteiger partial charge in [-0.25, -0.2) is 9.97 Å². The summed E-state index contributed by atoms with van der Waals surface area (Å²) in [6.45, 7) is 3.46. The highest BCUT2D eigenvalue weighted by Gasteiger charge is 2.10. The van der Waals surface area contributed by atoms with E-state index in [0.717, 1.165) is 16.9 Å². The van der Waals surface area contributed by atoms with Gasteiger partial charge in [0.05, 0.1) is 0 Å². The monoisotopic (exact) mass is 367 g/mol. The number of nitrogens with two attached hydrogens (primary N) is 1. The van der Waals surface area contributed by atoms with Crippen LogP contribution in [0.4, 0.5) is 28.7 Å². The fraction of sp³-hybridized carbons (Fsp3) is 0.105. The zero-order valence-corrected chi connectivity index (χ0v) is 15.1. The van der Waals surface area contributed by atoms with Crippen molar-refractivity contribution in [1.29, 1.82) is 0 Å². The van der Waals surface area contributed by atoms with Crippen LogP contribution in [0.25, 0.3) is 0 Å². The molecule has 0 aliphatic rings. The number of carbonyl (C=O) groups excluding carboxylic acids is 1. The molecule has 0 aliphatic heterocycles. The molecule has 132 valence electrons. The van der Waals surface area contributed by atoms with Crippen LogP contribution < -0.4 is 16.4 Å². The number of benzene rings is 2.